The van der Waals surface area contributed by atoms with Gasteiger partial charge in [0.25, 0.3) is 0 Å². The molecule has 434 valence electrons. The molecule has 22 heteroatoms. The number of ketones is 3. The lowest BCUT2D eigenvalue weighted by Gasteiger charge is -2.28. The minimum atomic E-state index is -0.873. The molecule has 3 aliphatic heterocycles. The molecule has 3 saturated heterocycles. The van der Waals surface area contributed by atoms with Crippen LogP contribution in [0.3, 0.4) is 0 Å². The third kappa shape index (κ3) is 22.5. The summed E-state index contributed by atoms with van der Waals surface area (Å²) < 4.78 is 9.17. The SMILES string of the molecule is CC(Cl)OC(=O)Cl.CCC[C@]1(C(=O)c2ccc(Cl)c(Cl)c2)CCN(C(=O)OC(C)Cl)C1.CCC[C@]1(C(=O)c2ccc(Cl)c(Cl)c2)CCN(Cc2ccccc2)C1.CCC[C@]1(C(=O)c2ccc(Cl)c(Cl)c2)CCNC1.CI.Cl.I. The lowest BCUT2D eigenvalue weighted by molar-refractivity contribution is 0.0752. The number of Topliss-reactive ketones (excluding diaryl/α,β-unsaturated/α-hetero) is 3. The van der Waals surface area contributed by atoms with Crippen LogP contribution in [-0.4, -0.2) is 94.0 Å². The standard InChI is InChI=1S/C21H23Cl2NO.C17H20Cl3NO3.C14H17Cl2NO.C3H4Cl2O2.CH3I.ClH.HI/c1-2-10-21(20(25)17-8-9-18(22)19(23)13-17)11-12-24(15-21)14-16-6-4-3-5-7-16;1-3-6-17(7-8-21(10-17)16(23)24-11(2)18)15(22)12-4-5-13(19)14(20)9-12;1-2-5-14(6-7-17-9-14)13(18)10-3-4-11(15)12(16)8-10;1-2(4)7-3(5)6;1-2;;/h3-9,13H,2,10-12,14-15H2,1H3;4-5,9,11H,3,6-8,10H2,1-2H3;3-4,8,17H,2,5-7,9H2,1H3;2H,1H3;1H3;2*1H/t21-;11?,17-;14-;;;;/m000..../s1. The zero-order chi connectivity index (χ0) is 56.8. The Bertz CT molecular complexity index is 2550. The van der Waals surface area contributed by atoms with Crippen LogP contribution in [0.5, 0.6) is 0 Å². The molecule has 10 nitrogen and oxygen atoms in total. The number of carbonyl (C=O) groups excluding carboxylic acids is 5. The molecule has 0 bridgehead atoms. The van der Waals surface area contributed by atoms with Crippen molar-refractivity contribution in [2.45, 2.75) is 110 Å². The Morgan fingerprint density at radius 3 is 1.37 bits per heavy atom. The second kappa shape index (κ2) is 37.3. The first kappa shape index (κ1) is 74.9. The second-order valence-electron chi connectivity index (χ2n) is 18.8. The van der Waals surface area contributed by atoms with Gasteiger partial charge in [-0.1, -0.05) is 186 Å². The summed E-state index contributed by atoms with van der Waals surface area (Å²) in [5.41, 5.74) is -0.272. The summed E-state index contributed by atoms with van der Waals surface area (Å²) in [5.74, 6) is 0.369. The van der Waals surface area contributed by atoms with E-state index in [-0.39, 0.29) is 64.6 Å². The summed E-state index contributed by atoms with van der Waals surface area (Å²) in [6.45, 7) is 14.5. The molecule has 0 aliphatic carbocycles. The van der Waals surface area contributed by atoms with E-state index in [1.54, 1.807) is 66.4 Å². The van der Waals surface area contributed by atoms with Crippen molar-refractivity contribution in [1.29, 1.82) is 0 Å². The molecule has 0 saturated carbocycles. The monoisotopic (exact) mass is 1500 g/mol. The smallest absolute Gasteiger partial charge is 0.411 e. The van der Waals surface area contributed by atoms with E-state index in [1.807, 2.05) is 17.9 Å². The summed E-state index contributed by atoms with van der Waals surface area (Å²) in [4.78, 5) is 66.8. The highest BCUT2D eigenvalue weighted by Gasteiger charge is 2.47. The molecular weight excluding hydrogens is 1430 g/mol. The van der Waals surface area contributed by atoms with E-state index < -0.39 is 28.1 Å². The van der Waals surface area contributed by atoms with E-state index in [0.717, 1.165) is 77.7 Å². The lowest BCUT2D eigenvalue weighted by atomic mass is 9.76. The molecule has 0 radical (unpaired) electrons. The van der Waals surface area contributed by atoms with Crippen LogP contribution in [0.2, 0.25) is 30.1 Å². The van der Waals surface area contributed by atoms with Crippen LogP contribution in [0.1, 0.15) is 129 Å². The second-order valence-corrected chi connectivity index (χ2v) is 22.8. The Morgan fingerprint density at radius 1 is 0.590 bits per heavy atom. The minimum Gasteiger partial charge on any atom is -0.434 e. The van der Waals surface area contributed by atoms with Crippen molar-refractivity contribution in [3.8, 4) is 0 Å². The number of carbonyl (C=O) groups is 5. The van der Waals surface area contributed by atoms with Gasteiger partial charge in [-0.3, -0.25) is 19.3 Å². The third-order valence-electron chi connectivity index (χ3n) is 13.2. The van der Waals surface area contributed by atoms with Gasteiger partial charge in [0.2, 0.25) is 0 Å². The molecule has 7 rings (SSSR count). The number of hydrogen-bond acceptors (Lipinski definition) is 9. The molecule has 3 aliphatic rings. The van der Waals surface area contributed by atoms with Crippen LogP contribution in [0.4, 0.5) is 9.59 Å². The van der Waals surface area contributed by atoms with Gasteiger partial charge < -0.3 is 19.7 Å². The third-order valence-corrected chi connectivity index (χ3v) is 15.7. The Balaban J connectivity index is 0.000000541. The quantitative estimate of drug-likeness (QED) is 0.0506. The molecule has 78 heavy (non-hydrogen) atoms. The Kier molecular flexibility index (Phi) is 35.8. The van der Waals surface area contributed by atoms with Gasteiger partial charge in [0.1, 0.15) is 0 Å². The minimum absolute atomic E-state index is 0. The van der Waals surface area contributed by atoms with Crippen molar-refractivity contribution in [3.05, 3.63) is 137 Å². The summed E-state index contributed by atoms with van der Waals surface area (Å²) in [6, 6.07) is 25.7. The summed E-state index contributed by atoms with van der Waals surface area (Å²) >= 11 is 53.7. The lowest BCUT2D eigenvalue weighted by Crippen LogP contribution is -2.37. The number of alkyl halides is 3. The maximum absolute atomic E-state index is 13.3. The Hall–Kier alpha value is -1.09. The van der Waals surface area contributed by atoms with Crippen molar-refractivity contribution in [1.82, 2.24) is 15.1 Å². The summed E-state index contributed by atoms with van der Waals surface area (Å²) in [6.07, 6.45) is 7.24. The molecular formula is C56H69Cl10I2N3O7. The molecule has 4 aromatic rings. The van der Waals surface area contributed by atoms with Gasteiger partial charge >= 0.3 is 11.5 Å². The average Bonchev–Trinajstić information content (AvgIpc) is 4.15. The van der Waals surface area contributed by atoms with Crippen molar-refractivity contribution < 1.29 is 33.4 Å². The molecule has 0 spiro atoms. The summed E-state index contributed by atoms with van der Waals surface area (Å²) in [7, 11) is 0. The normalized spacial score (nSPS) is 19.9. The Morgan fingerprint density at radius 2 is 1.00 bits per heavy atom. The first-order chi connectivity index (χ1) is 36.0. The van der Waals surface area contributed by atoms with E-state index in [2.05, 4.69) is 75.7 Å². The highest BCUT2D eigenvalue weighted by Crippen LogP contribution is 2.42. The zero-order valence-corrected chi connectivity index (χ0v) is 56.5. The fourth-order valence-corrected chi connectivity index (χ4v) is 11.1. The highest BCUT2D eigenvalue weighted by molar-refractivity contribution is 14.1. The fourth-order valence-electron chi connectivity index (χ4n) is 9.84. The van der Waals surface area contributed by atoms with Gasteiger partial charge in [-0.15, -0.1) is 36.4 Å². The van der Waals surface area contributed by atoms with Crippen molar-refractivity contribution >= 4 is 192 Å². The van der Waals surface area contributed by atoms with Gasteiger partial charge in [-0.2, -0.15) is 0 Å². The Labute approximate surface area is 543 Å². The molecule has 2 unspecified atom stereocenters. The van der Waals surface area contributed by atoms with Gasteiger partial charge in [-0.05, 0) is 131 Å². The van der Waals surface area contributed by atoms with Crippen LogP contribution in [0.25, 0.3) is 0 Å². The maximum atomic E-state index is 13.3. The number of hydrogen-bond donors (Lipinski definition) is 1. The van der Waals surface area contributed by atoms with E-state index in [9.17, 15) is 24.0 Å². The highest BCUT2D eigenvalue weighted by atomic mass is 127. The van der Waals surface area contributed by atoms with Crippen LogP contribution in [0, 0.1) is 16.2 Å². The predicted molar refractivity (Wildman–Crippen MR) is 346 cm³/mol. The molecule has 0 aromatic heterocycles. The summed E-state index contributed by atoms with van der Waals surface area (Å²) in [5, 5.41) is 5.91. The van der Waals surface area contributed by atoms with Crippen LogP contribution in [-0.2, 0) is 16.0 Å². The number of nitrogens with one attached hydrogen (secondary N) is 1. The number of halogens is 12. The van der Waals surface area contributed by atoms with Crippen molar-refractivity contribution in [3.63, 3.8) is 0 Å². The van der Waals surface area contributed by atoms with Gasteiger partial charge in [0.15, 0.2) is 28.5 Å². The van der Waals surface area contributed by atoms with Gasteiger partial charge in [0.05, 0.1) is 35.6 Å². The molecule has 1 amide bonds. The number of amides is 1. The number of nitrogens with zero attached hydrogens (tertiary/aromatic N) is 2. The average molecular weight is 1500 g/mol. The number of benzene rings is 4. The van der Waals surface area contributed by atoms with E-state index in [1.165, 1.54) is 12.5 Å². The first-order valence-corrected chi connectivity index (χ1v) is 30.7. The van der Waals surface area contributed by atoms with Crippen LogP contribution < -0.4 is 5.32 Å². The maximum Gasteiger partial charge on any atom is 0.411 e. The molecule has 1 N–H and O–H groups in total. The fraction of sp³-hybridized carbons (Fsp3) is 0.482. The van der Waals surface area contributed by atoms with Gasteiger partial charge in [-0.25, -0.2) is 9.59 Å². The number of ether oxygens (including phenoxy) is 2. The largest absolute Gasteiger partial charge is 0.434 e. The molecule has 4 aromatic carbocycles. The van der Waals surface area contributed by atoms with E-state index in [0.29, 0.717) is 72.8 Å². The number of likely N-dealkylation sites (tertiary alicyclic amines) is 2. The van der Waals surface area contributed by atoms with Crippen molar-refractivity contribution in [2.75, 3.05) is 44.2 Å². The van der Waals surface area contributed by atoms with E-state index >= 15 is 0 Å². The van der Waals surface area contributed by atoms with Crippen molar-refractivity contribution in [2.24, 2.45) is 16.2 Å². The predicted octanol–water partition coefficient (Wildman–Crippen LogP) is 19.3. The van der Waals surface area contributed by atoms with E-state index in [4.69, 9.17) is 109 Å². The zero-order valence-electron chi connectivity index (χ0n) is 44.4. The molecule has 3 fully saturated rings. The van der Waals surface area contributed by atoms with Crippen LogP contribution >= 0.6 is 163 Å². The molecule has 3 heterocycles. The number of rotatable bonds is 16. The molecule has 5 atom stereocenters. The van der Waals surface area contributed by atoms with Gasteiger partial charge in [0, 0.05) is 71.8 Å². The first-order valence-electron chi connectivity index (χ1n) is 25.0. The van der Waals surface area contributed by atoms with Crippen LogP contribution in [0.15, 0.2) is 84.9 Å². The topological polar surface area (TPSA) is 122 Å².